The Labute approximate surface area is 234 Å². The third kappa shape index (κ3) is 4.31. The van der Waals surface area contributed by atoms with Crippen LogP contribution in [0.4, 0.5) is 5.13 Å². The zero-order chi connectivity index (χ0) is 27.3. The Morgan fingerprint density at radius 1 is 1.03 bits per heavy atom. The van der Waals surface area contributed by atoms with Crippen LogP contribution in [0.25, 0.3) is 11.0 Å². The fourth-order valence-corrected chi connectivity index (χ4v) is 5.97. The molecule has 194 valence electrons. The van der Waals surface area contributed by atoms with Gasteiger partial charge in [-0.1, -0.05) is 57.6 Å². The molecule has 1 amide bonds. The number of ether oxygens (including phenoxy) is 2. The van der Waals surface area contributed by atoms with E-state index in [1.807, 2.05) is 36.4 Å². The van der Waals surface area contributed by atoms with Crippen molar-refractivity contribution in [2.75, 3.05) is 12.0 Å². The Kier molecular flexibility index (Phi) is 6.28. The normalized spacial score (nSPS) is 14.5. The molecule has 0 bridgehead atoms. The lowest BCUT2D eigenvalue weighted by Gasteiger charge is -2.23. The summed E-state index contributed by atoms with van der Waals surface area (Å²) in [4.78, 5) is 46.3. The maximum atomic E-state index is 13.9. The summed E-state index contributed by atoms with van der Waals surface area (Å²) in [7, 11) is 1.28. The molecule has 1 atom stereocenters. The molecule has 0 fully saturated rings. The summed E-state index contributed by atoms with van der Waals surface area (Å²) in [5.41, 5.74) is 1.19. The summed E-state index contributed by atoms with van der Waals surface area (Å²) in [6, 6.07) is 20.6. The molecular weight excluding hydrogens is 584 g/mol. The number of amides is 1. The lowest BCUT2D eigenvalue weighted by atomic mass is 9.98. The number of esters is 1. The van der Waals surface area contributed by atoms with Crippen LogP contribution in [0, 0.1) is 6.92 Å². The first-order valence-electron chi connectivity index (χ1n) is 11.8. The summed E-state index contributed by atoms with van der Waals surface area (Å²) in [5, 5.41) is 0.582. The van der Waals surface area contributed by atoms with Crippen LogP contribution in [0.1, 0.15) is 43.1 Å². The van der Waals surface area contributed by atoms with E-state index in [0.717, 1.165) is 11.3 Å². The minimum absolute atomic E-state index is 0.0679. The number of anilines is 1. The van der Waals surface area contributed by atoms with Crippen LogP contribution in [-0.4, -0.2) is 24.0 Å². The largest absolute Gasteiger partial charge is 0.465 e. The number of aryl methyl sites for hydroxylation is 1. The first kappa shape index (κ1) is 25.0. The number of thiazole rings is 1. The van der Waals surface area contributed by atoms with Crippen molar-refractivity contribution in [3.8, 4) is 11.5 Å². The van der Waals surface area contributed by atoms with Crippen molar-refractivity contribution in [1.82, 2.24) is 4.98 Å². The molecule has 1 aliphatic rings. The Bertz CT molecular complexity index is 1830. The standard InChI is InChI=1S/C29H19BrN2O6S/c1-15-26(28(35)36-2)39-29(31-15)32-23(16-7-6-10-19(13-16)37-18-8-4-3-5-9-18)22-24(33)20-14-17(30)11-12-21(20)38-25(22)27(32)34/h3-14,23H,1-2H3. The van der Waals surface area contributed by atoms with E-state index in [2.05, 4.69) is 20.9 Å². The summed E-state index contributed by atoms with van der Waals surface area (Å²) < 4.78 is 17.7. The van der Waals surface area contributed by atoms with Crippen molar-refractivity contribution < 1.29 is 23.5 Å². The molecule has 0 saturated carbocycles. The van der Waals surface area contributed by atoms with Gasteiger partial charge in [0.05, 0.1) is 29.8 Å². The number of para-hydroxylation sites is 1. The number of fused-ring (bicyclic) bond motifs is 2. The summed E-state index contributed by atoms with van der Waals surface area (Å²) in [5.74, 6) is 0.0132. The van der Waals surface area contributed by atoms with E-state index in [1.165, 1.54) is 12.0 Å². The molecule has 0 spiro atoms. The van der Waals surface area contributed by atoms with Gasteiger partial charge < -0.3 is 13.9 Å². The Balaban J connectivity index is 1.56. The summed E-state index contributed by atoms with van der Waals surface area (Å²) in [6.07, 6.45) is 0. The van der Waals surface area contributed by atoms with Crippen molar-refractivity contribution in [1.29, 1.82) is 0 Å². The molecule has 0 aliphatic carbocycles. The highest BCUT2D eigenvalue weighted by Crippen LogP contribution is 2.44. The van der Waals surface area contributed by atoms with Gasteiger partial charge in [-0.25, -0.2) is 9.78 Å². The van der Waals surface area contributed by atoms with Crippen molar-refractivity contribution in [2.45, 2.75) is 13.0 Å². The maximum absolute atomic E-state index is 13.9. The molecule has 0 N–H and O–H groups in total. The van der Waals surface area contributed by atoms with Crippen LogP contribution < -0.4 is 15.1 Å². The van der Waals surface area contributed by atoms with Gasteiger partial charge in [-0.15, -0.1) is 0 Å². The minimum atomic E-state index is -0.873. The maximum Gasteiger partial charge on any atom is 0.350 e. The molecule has 5 aromatic rings. The van der Waals surface area contributed by atoms with E-state index < -0.39 is 17.9 Å². The van der Waals surface area contributed by atoms with Crippen LogP contribution in [0.2, 0.25) is 0 Å². The highest BCUT2D eigenvalue weighted by molar-refractivity contribution is 9.10. The second-order valence-corrected chi connectivity index (χ2v) is 10.7. The zero-order valence-electron chi connectivity index (χ0n) is 20.6. The first-order chi connectivity index (χ1) is 18.9. The van der Waals surface area contributed by atoms with E-state index in [-0.39, 0.29) is 26.8 Å². The summed E-state index contributed by atoms with van der Waals surface area (Å²) in [6.45, 7) is 1.67. The van der Waals surface area contributed by atoms with Crippen LogP contribution >= 0.6 is 27.3 Å². The third-order valence-corrected chi connectivity index (χ3v) is 7.98. The van der Waals surface area contributed by atoms with Gasteiger partial charge in [-0.3, -0.25) is 14.5 Å². The van der Waals surface area contributed by atoms with Gasteiger partial charge in [-0.05, 0) is 55.0 Å². The topological polar surface area (TPSA) is 98.9 Å². The predicted molar refractivity (Wildman–Crippen MR) is 150 cm³/mol. The van der Waals surface area contributed by atoms with Gasteiger partial charge in [0, 0.05) is 4.47 Å². The SMILES string of the molecule is COC(=O)c1sc(N2C(=O)c3oc4ccc(Br)cc4c(=O)c3C2c2cccc(Oc3ccccc3)c2)nc1C. The first-order valence-corrected chi connectivity index (χ1v) is 13.4. The number of halogens is 1. The molecule has 1 aliphatic heterocycles. The molecule has 2 aromatic heterocycles. The van der Waals surface area contributed by atoms with Gasteiger partial charge in [0.1, 0.15) is 22.0 Å². The number of benzene rings is 3. The number of methoxy groups -OCH3 is 1. The lowest BCUT2D eigenvalue weighted by molar-refractivity contribution is 0.0605. The van der Waals surface area contributed by atoms with Gasteiger partial charge in [0.15, 0.2) is 10.6 Å². The molecule has 10 heteroatoms. The van der Waals surface area contributed by atoms with Crippen molar-refractivity contribution >= 4 is 55.2 Å². The molecular formula is C29H19BrN2O6S. The van der Waals surface area contributed by atoms with Crippen LogP contribution in [-0.2, 0) is 4.74 Å². The van der Waals surface area contributed by atoms with Crippen LogP contribution in [0.15, 0.2) is 86.5 Å². The van der Waals surface area contributed by atoms with E-state index in [1.54, 1.807) is 43.3 Å². The van der Waals surface area contributed by atoms with Gasteiger partial charge >= 0.3 is 5.97 Å². The number of nitrogens with zero attached hydrogens (tertiary/aromatic N) is 2. The Morgan fingerprint density at radius 2 is 1.79 bits per heavy atom. The number of aromatic nitrogens is 1. The van der Waals surface area contributed by atoms with E-state index in [9.17, 15) is 14.4 Å². The number of rotatable bonds is 5. The van der Waals surface area contributed by atoms with Crippen molar-refractivity contribution in [3.05, 3.63) is 115 Å². The molecule has 8 nitrogen and oxygen atoms in total. The zero-order valence-corrected chi connectivity index (χ0v) is 23.0. The fourth-order valence-electron chi connectivity index (χ4n) is 4.60. The predicted octanol–water partition coefficient (Wildman–Crippen LogP) is 6.65. The molecule has 3 heterocycles. The Hall–Kier alpha value is -4.28. The number of hydrogen-bond donors (Lipinski definition) is 0. The quantitative estimate of drug-likeness (QED) is 0.208. The van der Waals surface area contributed by atoms with E-state index in [4.69, 9.17) is 13.9 Å². The lowest BCUT2D eigenvalue weighted by Crippen LogP contribution is -2.29. The molecule has 0 saturated heterocycles. The average Bonchev–Trinajstić information content (AvgIpc) is 3.46. The number of carbonyl (C=O) groups excluding carboxylic acids is 2. The van der Waals surface area contributed by atoms with Crippen molar-refractivity contribution in [2.24, 2.45) is 0 Å². The van der Waals surface area contributed by atoms with E-state index >= 15 is 0 Å². The highest BCUT2D eigenvalue weighted by Gasteiger charge is 2.45. The minimum Gasteiger partial charge on any atom is -0.465 e. The van der Waals surface area contributed by atoms with Crippen LogP contribution in [0.5, 0.6) is 11.5 Å². The summed E-state index contributed by atoms with van der Waals surface area (Å²) >= 11 is 4.43. The highest BCUT2D eigenvalue weighted by atomic mass is 79.9. The van der Waals surface area contributed by atoms with Gasteiger partial charge in [-0.2, -0.15) is 0 Å². The monoisotopic (exact) mass is 602 g/mol. The molecule has 6 rings (SSSR count). The second-order valence-electron chi connectivity index (χ2n) is 8.78. The Morgan fingerprint density at radius 3 is 2.56 bits per heavy atom. The number of hydrogen-bond acceptors (Lipinski definition) is 8. The molecule has 39 heavy (non-hydrogen) atoms. The average molecular weight is 603 g/mol. The molecule has 1 unspecified atom stereocenters. The van der Waals surface area contributed by atoms with Gasteiger partial charge in [0.25, 0.3) is 5.91 Å². The van der Waals surface area contributed by atoms with Crippen LogP contribution in [0.3, 0.4) is 0 Å². The molecule has 0 radical (unpaired) electrons. The molecule has 3 aromatic carbocycles. The number of carbonyl (C=O) groups is 2. The van der Waals surface area contributed by atoms with Crippen molar-refractivity contribution in [3.63, 3.8) is 0 Å². The van der Waals surface area contributed by atoms with Gasteiger partial charge in [0.2, 0.25) is 5.76 Å². The smallest absolute Gasteiger partial charge is 0.350 e. The van der Waals surface area contributed by atoms with E-state index in [0.29, 0.717) is 38.2 Å². The second kappa shape index (κ2) is 9.79. The third-order valence-electron chi connectivity index (χ3n) is 6.35. The fraction of sp³-hybridized carbons (Fsp3) is 0.103.